The largest absolute Gasteiger partial charge is 0.452 e. The highest BCUT2D eigenvalue weighted by Crippen LogP contribution is 2.52. The van der Waals surface area contributed by atoms with E-state index in [-0.39, 0.29) is 35.2 Å². The molecule has 0 N–H and O–H groups in total. The van der Waals surface area contributed by atoms with E-state index in [4.69, 9.17) is 4.74 Å². The van der Waals surface area contributed by atoms with Gasteiger partial charge in [0.15, 0.2) is 12.4 Å². The van der Waals surface area contributed by atoms with Crippen molar-refractivity contribution in [1.82, 2.24) is 4.90 Å². The molecule has 5 heteroatoms. The fourth-order valence-corrected chi connectivity index (χ4v) is 5.56. The first kappa shape index (κ1) is 21.3. The maximum atomic E-state index is 12.8. The molecule has 1 aliphatic carbocycles. The summed E-state index contributed by atoms with van der Waals surface area (Å²) < 4.78 is 5.31. The molecule has 1 aliphatic heterocycles. The number of hydrogen-bond donors (Lipinski definition) is 0. The van der Waals surface area contributed by atoms with Crippen LogP contribution in [-0.2, 0) is 9.53 Å². The summed E-state index contributed by atoms with van der Waals surface area (Å²) >= 11 is 0. The van der Waals surface area contributed by atoms with Crippen LogP contribution in [0.1, 0.15) is 66.3 Å². The number of fused-ring (bicyclic) bond motifs is 2. The molecule has 1 amide bonds. The number of rotatable bonds is 5. The maximum absolute atomic E-state index is 12.8. The molecule has 31 heavy (non-hydrogen) atoms. The van der Waals surface area contributed by atoms with E-state index >= 15 is 0 Å². The minimum absolute atomic E-state index is 0.104. The number of benzene rings is 2. The number of hydrogen-bond acceptors (Lipinski definition) is 4. The predicted molar refractivity (Wildman–Crippen MR) is 118 cm³/mol. The Balaban J connectivity index is 1.35. The zero-order valence-electron chi connectivity index (χ0n) is 18.4. The number of likely N-dealkylation sites (tertiary alicyclic amines) is 1. The minimum atomic E-state index is -0.555. The lowest BCUT2D eigenvalue weighted by molar-refractivity contribution is -0.135. The molecule has 0 spiro atoms. The number of ketones is 1. The van der Waals surface area contributed by atoms with Crippen molar-refractivity contribution in [2.45, 2.75) is 46.1 Å². The number of carbonyl (C=O) groups excluding carboxylic acids is 3. The van der Waals surface area contributed by atoms with Gasteiger partial charge in [-0.05, 0) is 42.2 Å². The van der Waals surface area contributed by atoms with Crippen LogP contribution >= 0.6 is 0 Å². The number of carbonyl (C=O) groups is 3. The van der Waals surface area contributed by atoms with Gasteiger partial charge < -0.3 is 9.64 Å². The molecule has 162 valence electrons. The van der Waals surface area contributed by atoms with Crippen LogP contribution in [0, 0.1) is 10.8 Å². The maximum Gasteiger partial charge on any atom is 0.338 e. The monoisotopic (exact) mass is 419 g/mol. The van der Waals surface area contributed by atoms with Crippen molar-refractivity contribution in [2.75, 3.05) is 13.2 Å². The van der Waals surface area contributed by atoms with Crippen LogP contribution in [0.15, 0.2) is 54.6 Å². The van der Waals surface area contributed by atoms with Gasteiger partial charge >= 0.3 is 5.97 Å². The Morgan fingerprint density at radius 2 is 1.52 bits per heavy atom. The third-order valence-corrected chi connectivity index (χ3v) is 6.48. The van der Waals surface area contributed by atoms with Crippen LogP contribution in [0.25, 0.3) is 0 Å². The zero-order valence-corrected chi connectivity index (χ0v) is 18.4. The molecule has 0 aromatic heterocycles. The van der Waals surface area contributed by atoms with Crippen LogP contribution in [-0.4, -0.2) is 41.8 Å². The summed E-state index contributed by atoms with van der Waals surface area (Å²) in [5.74, 6) is -0.788. The van der Waals surface area contributed by atoms with Crippen molar-refractivity contribution >= 4 is 17.7 Å². The minimum Gasteiger partial charge on any atom is -0.452 e. The average molecular weight is 420 g/mol. The van der Waals surface area contributed by atoms with Crippen LogP contribution in [0.4, 0.5) is 0 Å². The SMILES string of the molecule is CC1(C)C[C@H]2C[C@](C)(CN2C(=O)COC(=O)c2ccc(C(=O)c3ccccc3)cc2)C1. The van der Waals surface area contributed by atoms with E-state index in [0.29, 0.717) is 16.7 Å². The van der Waals surface area contributed by atoms with Crippen molar-refractivity contribution in [3.05, 3.63) is 71.3 Å². The van der Waals surface area contributed by atoms with E-state index in [1.54, 1.807) is 36.4 Å². The number of amides is 1. The van der Waals surface area contributed by atoms with E-state index in [1.165, 1.54) is 0 Å². The number of esters is 1. The van der Waals surface area contributed by atoms with Crippen LogP contribution in [0.3, 0.4) is 0 Å². The van der Waals surface area contributed by atoms with E-state index in [0.717, 1.165) is 25.8 Å². The third kappa shape index (κ3) is 4.55. The van der Waals surface area contributed by atoms with Crippen LogP contribution in [0.5, 0.6) is 0 Å². The molecule has 2 fully saturated rings. The fourth-order valence-electron chi connectivity index (χ4n) is 5.56. The normalized spacial score (nSPS) is 24.0. The lowest BCUT2D eigenvalue weighted by atomic mass is 9.65. The standard InChI is InChI=1S/C26H29NO4/c1-25(2)13-21-14-26(3,16-25)17-27(21)22(28)15-31-24(30)20-11-9-19(10-12-20)23(29)18-7-5-4-6-8-18/h4-12,21H,13-17H2,1-3H3/t21-,26-/m0/s1. The van der Waals surface area contributed by atoms with Gasteiger partial charge in [-0.25, -0.2) is 4.79 Å². The fraction of sp³-hybridized carbons (Fsp3) is 0.423. The molecule has 2 aromatic carbocycles. The second-order valence-electron chi connectivity index (χ2n) is 10.1. The highest BCUT2D eigenvalue weighted by atomic mass is 16.5. The summed E-state index contributed by atoms with van der Waals surface area (Å²) in [6.45, 7) is 7.25. The zero-order chi connectivity index (χ0) is 22.2. The Morgan fingerprint density at radius 3 is 2.19 bits per heavy atom. The molecule has 1 saturated carbocycles. The van der Waals surface area contributed by atoms with Gasteiger partial charge in [0, 0.05) is 23.7 Å². The Hall–Kier alpha value is -2.95. The van der Waals surface area contributed by atoms with E-state index in [2.05, 4.69) is 20.8 Å². The highest BCUT2D eigenvalue weighted by molar-refractivity contribution is 6.09. The molecule has 5 nitrogen and oxygen atoms in total. The van der Waals surface area contributed by atoms with Gasteiger partial charge in [0.25, 0.3) is 5.91 Å². The van der Waals surface area contributed by atoms with Crippen molar-refractivity contribution in [2.24, 2.45) is 10.8 Å². The number of nitrogens with zero attached hydrogens (tertiary/aromatic N) is 1. The van der Waals surface area contributed by atoms with Crippen LogP contribution < -0.4 is 0 Å². The average Bonchev–Trinajstić information content (AvgIpc) is 3.00. The van der Waals surface area contributed by atoms with Gasteiger partial charge in [-0.3, -0.25) is 9.59 Å². The molecule has 1 heterocycles. The molecule has 1 saturated heterocycles. The quantitative estimate of drug-likeness (QED) is 0.529. The summed E-state index contributed by atoms with van der Waals surface area (Å²) in [6, 6.07) is 15.6. The molecule has 2 aliphatic rings. The Morgan fingerprint density at radius 1 is 0.903 bits per heavy atom. The van der Waals surface area contributed by atoms with E-state index in [9.17, 15) is 14.4 Å². The third-order valence-electron chi connectivity index (χ3n) is 6.48. The Bertz CT molecular complexity index is 996. The summed E-state index contributed by atoms with van der Waals surface area (Å²) in [6.07, 6.45) is 3.11. The molecular weight excluding hydrogens is 390 g/mol. The number of ether oxygens (including phenoxy) is 1. The van der Waals surface area contributed by atoms with Gasteiger partial charge in [0.1, 0.15) is 0 Å². The highest BCUT2D eigenvalue weighted by Gasteiger charge is 2.50. The first-order valence-electron chi connectivity index (χ1n) is 10.8. The van der Waals surface area contributed by atoms with Crippen molar-refractivity contribution in [3.63, 3.8) is 0 Å². The van der Waals surface area contributed by atoms with Gasteiger partial charge in [-0.2, -0.15) is 0 Å². The topological polar surface area (TPSA) is 63.7 Å². The molecule has 0 radical (unpaired) electrons. The summed E-state index contributed by atoms with van der Waals surface area (Å²) in [5.41, 5.74) is 1.79. The molecule has 2 aromatic rings. The molecular formula is C26H29NO4. The summed E-state index contributed by atoms with van der Waals surface area (Å²) in [7, 11) is 0. The van der Waals surface area contributed by atoms with Crippen molar-refractivity contribution in [1.29, 1.82) is 0 Å². The lowest BCUT2D eigenvalue weighted by Crippen LogP contribution is -2.39. The van der Waals surface area contributed by atoms with Crippen LogP contribution in [0.2, 0.25) is 0 Å². The second kappa shape index (κ2) is 7.95. The summed E-state index contributed by atoms with van der Waals surface area (Å²) in [4.78, 5) is 39.6. The lowest BCUT2D eigenvalue weighted by Gasteiger charge is -2.39. The molecule has 2 atom stereocenters. The molecule has 0 unspecified atom stereocenters. The second-order valence-corrected chi connectivity index (χ2v) is 10.1. The first-order valence-corrected chi connectivity index (χ1v) is 10.8. The first-order chi connectivity index (χ1) is 14.7. The van der Waals surface area contributed by atoms with Crippen molar-refractivity contribution in [3.8, 4) is 0 Å². The van der Waals surface area contributed by atoms with Gasteiger partial charge in [0.2, 0.25) is 0 Å². The predicted octanol–water partition coefficient (Wildman–Crippen LogP) is 4.50. The molecule has 2 bridgehead atoms. The van der Waals surface area contributed by atoms with Crippen molar-refractivity contribution < 1.29 is 19.1 Å². The van der Waals surface area contributed by atoms with E-state index in [1.807, 2.05) is 23.1 Å². The Kier molecular flexibility index (Phi) is 5.46. The van der Waals surface area contributed by atoms with E-state index < -0.39 is 5.97 Å². The Labute approximate surface area is 183 Å². The van der Waals surface area contributed by atoms with Gasteiger partial charge in [-0.15, -0.1) is 0 Å². The van der Waals surface area contributed by atoms with Gasteiger partial charge in [0.05, 0.1) is 5.56 Å². The smallest absolute Gasteiger partial charge is 0.338 e. The van der Waals surface area contributed by atoms with Gasteiger partial charge in [-0.1, -0.05) is 63.2 Å². The summed E-state index contributed by atoms with van der Waals surface area (Å²) in [5, 5.41) is 0. The molecule has 4 rings (SSSR count).